The predicted octanol–water partition coefficient (Wildman–Crippen LogP) is 0.961. The number of nitrogens with zero attached hydrogens (tertiary/aromatic N) is 2. The molecular formula is C11H13N3O4S2. The Kier molecular flexibility index (Phi) is 3.50. The number of ether oxygens (including phenoxy) is 1. The number of sulfonamides is 1. The van der Waals surface area contributed by atoms with Gasteiger partial charge in [-0.2, -0.15) is 0 Å². The van der Waals surface area contributed by atoms with Gasteiger partial charge in [-0.25, -0.2) is 18.5 Å². The molecule has 1 unspecified atom stereocenters. The number of hydrogen-bond donors (Lipinski definition) is 1. The minimum atomic E-state index is -3.70. The molecule has 9 heteroatoms. The van der Waals surface area contributed by atoms with Gasteiger partial charge in [-0.05, 0) is 12.1 Å². The lowest BCUT2D eigenvalue weighted by atomic mass is 10.2. The lowest BCUT2D eigenvalue weighted by molar-refractivity contribution is 0.0257. The maximum atomic E-state index is 11.3. The molecule has 108 valence electrons. The molecule has 0 spiro atoms. The molecule has 2 aromatic heterocycles. The first kappa shape index (κ1) is 13.6. The smallest absolute Gasteiger partial charge is 0.249 e. The Morgan fingerprint density at radius 3 is 3.00 bits per heavy atom. The van der Waals surface area contributed by atoms with Crippen molar-refractivity contribution in [3.63, 3.8) is 0 Å². The first-order valence-corrected chi connectivity index (χ1v) is 8.29. The van der Waals surface area contributed by atoms with Crippen LogP contribution < -0.4 is 10.0 Å². The molecule has 0 aliphatic carbocycles. The maximum absolute atomic E-state index is 11.3. The van der Waals surface area contributed by atoms with Crippen molar-refractivity contribution in [3.05, 3.63) is 30.4 Å². The van der Waals surface area contributed by atoms with Crippen LogP contribution in [0.4, 0.5) is 5.13 Å². The van der Waals surface area contributed by atoms with Gasteiger partial charge in [0.15, 0.2) is 9.34 Å². The van der Waals surface area contributed by atoms with Gasteiger partial charge < -0.3 is 14.1 Å². The summed E-state index contributed by atoms with van der Waals surface area (Å²) >= 11 is 1.06. The summed E-state index contributed by atoms with van der Waals surface area (Å²) in [5.41, 5.74) is 0. The van der Waals surface area contributed by atoms with Gasteiger partial charge in [-0.1, -0.05) is 11.3 Å². The second-order valence-corrected chi connectivity index (χ2v) is 7.13. The van der Waals surface area contributed by atoms with Crippen LogP contribution in [0.3, 0.4) is 0 Å². The Labute approximate surface area is 120 Å². The summed E-state index contributed by atoms with van der Waals surface area (Å²) in [4.78, 5) is 6.09. The fourth-order valence-corrected chi connectivity index (χ4v) is 3.57. The molecule has 0 saturated carbocycles. The number of hydrogen-bond acceptors (Lipinski definition) is 7. The molecule has 1 saturated heterocycles. The van der Waals surface area contributed by atoms with E-state index in [-0.39, 0.29) is 10.3 Å². The van der Waals surface area contributed by atoms with Crippen LogP contribution in [0.2, 0.25) is 0 Å². The topological polar surface area (TPSA) is 98.7 Å². The van der Waals surface area contributed by atoms with Crippen molar-refractivity contribution < 1.29 is 17.6 Å². The van der Waals surface area contributed by atoms with E-state index in [9.17, 15) is 8.42 Å². The van der Waals surface area contributed by atoms with Crippen molar-refractivity contribution in [2.24, 2.45) is 5.14 Å². The largest absolute Gasteiger partial charge is 0.467 e. The molecule has 20 heavy (non-hydrogen) atoms. The number of furan rings is 1. The molecule has 2 aromatic rings. The zero-order valence-corrected chi connectivity index (χ0v) is 12.1. The summed E-state index contributed by atoms with van der Waals surface area (Å²) in [7, 11) is -3.70. The van der Waals surface area contributed by atoms with E-state index in [2.05, 4.69) is 4.98 Å². The summed E-state index contributed by atoms with van der Waals surface area (Å²) in [6, 6.07) is 3.66. The standard InChI is InChI=1S/C11H13N3O4S2/c12-20(15,16)10-6-13-11(19-10)14-3-5-18-9(7-14)8-2-1-4-17-8/h1-2,4,6,9H,3,5,7H2,(H2,12,15,16). The molecule has 2 N–H and O–H groups in total. The van der Waals surface area contributed by atoms with Crippen molar-refractivity contribution in [1.82, 2.24) is 4.98 Å². The fourth-order valence-electron chi connectivity index (χ4n) is 2.00. The van der Waals surface area contributed by atoms with E-state index < -0.39 is 10.0 Å². The third-order valence-electron chi connectivity index (χ3n) is 2.95. The second-order valence-electron chi connectivity index (χ2n) is 4.33. The predicted molar refractivity (Wildman–Crippen MR) is 73.1 cm³/mol. The van der Waals surface area contributed by atoms with Crippen LogP contribution >= 0.6 is 11.3 Å². The minimum absolute atomic E-state index is 0.0635. The van der Waals surface area contributed by atoms with Crippen LogP contribution in [0.5, 0.6) is 0 Å². The molecule has 1 atom stereocenters. The number of anilines is 1. The normalized spacial score (nSPS) is 20.2. The van der Waals surface area contributed by atoms with Crippen LogP contribution in [0, 0.1) is 0 Å². The molecule has 0 radical (unpaired) electrons. The Hall–Kier alpha value is -1.42. The van der Waals surface area contributed by atoms with E-state index >= 15 is 0 Å². The Morgan fingerprint density at radius 1 is 1.50 bits per heavy atom. The highest BCUT2D eigenvalue weighted by Crippen LogP contribution is 2.30. The number of morpholine rings is 1. The summed E-state index contributed by atoms with van der Waals surface area (Å²) in [6.07, 6.45) is 2.70. The van der Waals surface area contributed by atoms with E-state index in [1.807, 2.05) is 11.0 Å². The Morgan fingerprint density at radius 2 is 2.35 bits per heavy atom. The summed E-state index contributed by atoms with van der Waals surface area (Å²) < 4.78 is 33.6. The molecule has 1 aliphatic heterocycles. The highest BCUT2D eigenvalue weighted by atomic mass is 32.2. The van der Waals surface area contributed by atoms with Crippen LogP contribution in [0.25, 0.3) is 0 Å². The van der Waals surface area contributed by atoms with Gasteiger partial charge in [0.2, 0.25) is 10.0 Å². The van der Waals surface area contributed by atoms with E-state index in [1.165, 1.54) is 6.20 Å². The van der Waals surface area contributed by atoms with Crippen LogP contribution in [0.1, 0.15) is 11.9 Å². The maximum Gasteiger partial charge on any atom is 0.249 e. The summed E-state index contributed by atoms with van der Waals surface area (Å²) in [5.74, 6) is 0.748. The highest BCUT2D eigenvalue weighted by molar-refractivity contribution is 7.91. The Bertz CT molecular complexity index is 680. The third kappa shape index (κ3) is 2.70. The zero-order valence-electron chi connectivity index (χ0n) is 10.4. The van der Waals surface area contributed by atoms with E-state index in [0.717, 1.165) is 17.1 Å². The quantitative estimate of drug-likeness (QED) is 0.906. The van der Waals surface area contributed by atoms with Gasteiger partial charge in [0, 0.05) is 6.54 Å². The Balaban J connectivity index is 1.79. The average molecular weight is 315 g/mol. The molecule has 1 aliphatic rings. The van der Waals surface area contributed by atoms with Gasteiger partial charge in [0.05, 0.1) is 25.6 Å². The zero-order chi connectivity index (χ0) is 14.2. The van der Waals surface area contributed by atoms with Crippen LogP contribution in [-0.4, -0.2) is 33.1 Å². The van der Waals surface area contributed by atoms with Crippen molar-refractivity contribution in [2.75, 3.05) is 24.6 Å². The summed E-state index contributed by atoms with van der Waals surface area (Å²) in [6.45, 7) is 1.73. The van der Waals surface area contributed by atoms with Crippen molar-refractivity contribution in [3.8, 4) is 0 Å². The lowest BCUT2D eigenvalue weighted by Gasteiger charge is -2.31. The number of rotatable bonds is 3. The van der Waals surface area contributed by atoms with Crippen LogP contribution in [-0.2, 0) is 14.8 Å². The SMILES string of the molecule is NS(=O)(=O)c1cnc(N2CCOC(c3ccco3)C2)s1. The minimum Gasteiger partial charge on any atom is -0.467 e. The van der Waals surface area contributed by atoms with E-state index in [4.69, 9.17) is 14.3 Å². The van der Waals surface area contributed by atoms with Crippen molar-refractivity contribution in [1.29, 1.82) is 0 Å². The third-order valence-corrected chi connectivity index (χ3v) is 5.42. The van der Waals surface area contributed by atoms with Gasteiger partial charge in [-0.15, -0.1) is 0 Å². The second kappa shape index (κ2) is 5.17. The number of primary sulfonamides is 1. The number of aromatic nitrogens is 1. The van der Waals surface area contributed by atoms with Crippen LogP contribution in [0.15, 0.2) is 33.2 Å². The molecule has 0 bridgehead atoms. The molecule has 3 heterocycles. The average Bonchev–Trinajstić information content (AvgIpc) is 3.10. The molecule has 7 nitrogen and oxygen atoms in total. The van der Waals surface area contributed by atoms with Gasteiger partial charge in [0.1, 0.15) is 11.9 Å². The monoisotopic (exact) mass is 315 g/mol. The number of thiazole rings is 1. The molecule has 0 aromatic carbocycles. The first-order chi connectivity index (χ1) is 9.54. The van der Waals surface area contributed by atoms with Gasteiger partial charge >= 0.3 is 0 Å². The molecule has 1 fully saturated rings. The summed E-state index contributed by atoms with van der Waals surface area (Å²) in [5, 5.41) is 5.71. The van der Waals surface area contributed by atoms with Crippen molar-refractivity contribution >= 4 is 26.5 Å². The van der Waals surface area contributed by atoms with Gasteiger partial charge in [-0.3, -0.25) is 0 Å². The molecular weight excluding hydrogens is 302 g/mol. The lowest BCUT2D eigenvalue weighted by Crippen LogP contribution is -2.38. The first-order valence-electron chi connectivity index (χ1n) is 5.92. The molecule has 0 amide bonds. The van der Waals surface area contributed by atoms with E-state index in [0.29, 0.717) is 24.8 Å². The van der Waals surface area contributed by atoms with Gasteiger partial charge in [0.25, 0.3) is 0 Å². The number of nitrogens with two attached hydrogens (primary N) is 1. The fraction of sp³-hybridized carbons (Fsp3) is 0.364. The van der Waals surface area contributed by atoms with Crippen molar-refractivity contribution in [2.45, 2.75) is 10.3 Å². The van der Waals surface area contributed by atoms with E-state index in [1.54, 1.807) is 12.3 Å². The highest BCUT2D eigenvalue weighted by Gasteiger charge is 2.26. The molecule has 3 rings (SSSR count).